The molecule has 1 heterocycles. The van der Waals surface area contributed by atoms with Gasteiger partial charge >= 0.3 is 12.1 Å². The van der Waals surface area contributed by atoms with Crippen LogP contribution in [0.15, 0.2) is 29.4 Å². The first-order valence-electron chi connectivity index (χ1n) is 5.83. The predicted octanol–water partition coefficient (Wildman–Crippen LogP) is 2.62. The van der Waals surface area contributed by atoms with Gasteiger partial charge < -0.3 is 9.57 Å². The van der Waals surface area contributed by atoms with E-state index in [1.54, 1.807) is 6.92 Å². The van der Waals surface area contributed by atoms with Gasteiger partial charge in [0.25, 0.3) is 0 Å². The van der Waals surface area contributed by atoms with E-state index >= 15 is 0 Å². The van der Waals surface area contributed by atoms with Crippen LogP contribution >= 0.6 is 0 Å². The molecule has 108 valence electrons. The summed E-state index contributed by atoms with van der Waals surface area (Å²) in [5, 5.41) is 3.76. The molecule has 1 aromatic rings. The maximum absolute atomic E-state index is 12.5. The first-order valence-corrected chi connectivity index (χ1v) is 5.83. The molecular formula is C13H12F3NO3. The molecule has 4 nitrogen and oxygen atoms in total. The topological polar surface area (TPSA) is 47.9 Å². The van der Waals surface area contributed by atoms with Crippen molar-refractivity contribution < 1.29 is 27.5 Å². The second kappa shape index (κ2) is 5.15. The van der Waals surface area contributed by atoms with Crippen molar-refractivity contribution in [1.82, 2.24) is 0 Å². The van der Waals surface area contributed by atoms with Gasteiger partial charge in [0.15, 0.2) is 0 Å². The highest BCUT2D eigenvalue weighted by Gasteiger charge is 2.39. The summed E-state index contributed by atoms with van der Waals surface area (Å²) in [4.78, 5) is 16.7. The molecule has 0 aliphatic carbocycles. The van der Waals surface area contributed by atoms with Gasteiger partial charge in [-0.2, -0.15) is 13.2 Å². The van der Waals surface area contributed by atoms with E-state index in [2.05, 4.69) is 9.89 Å². The fraction of sp³-hybridized carbons (Fsp3) is 0.385. The maximum Gasteiger partial charge on any atom is 0.416 e. The number of oxime groups is 1. The van der Waals surface area contributed by atoms with Gasteiger partial charge in [-0.3, -0.25) is 4.79 Å². The third-order valence-electron chi connectivity index (χ3n) is 3.04. The SMILES string of the molecule is COC(=O)[C@@H]1C(c2ccc(C(F)(F)F)cc2)=NO[C@H]1C. The Labute approximate surface area is 113 Å². The minimum absolute atomic E-state index is 0.276. The summed E-state index contributed by atoms with van der Waals surface area (Å²) in [5.41, 5.74) is -0.0840. The number of carbonyl (C=O) groups excluding carboxylic acids is 1. The minimum atomic E-state index is -4.40. The van der Waals surface area contributed by atoms with E-state index in [1.807, 2.05) is 0 Å². The van der Waals surface area contributed by atoms with Gasteiger partial charge in [-0.05, 0) is 19.1 Å². The summed E-state index contributed by atoms with van der Waals surface area (Å²) in [6.45, 7) is 1.64. The van der Waals surface area contributed by atoms with Crippen LogP contribution in [0.3, 0.4) is 0 Å². The smallest absolute Gasteiger partial charge is 0.416 e. The summed E-state index contributed by atoms with van der Waals surface area (Å²) in [7, 11) is 1.23. The van der Waals surface area contributed by atoms with Crippen molar-refractivity contribution in [3.63, 3.8) is 0 Å². The van der Waals surface area contributed by atoms with Crippen LogP contribution in [0, 0.1) is 5.92 Å². The van der Waals surface area contributed by atoms with Crippen LogP contribution in [0.1, 0.15) is 18.1 Å². The van der Waals surface area contributed by atoms with Crippen LogP contribution in [-0.2, 0) is 20.5 Å². The van der Waals surface area contributed by atoms with E-state index in [0.717, 1.165) is 12.1 Å². The molecule has 7 heteroatoms. The van der Waals surface area contributed by atoms with Crippen LogP contribution in [0.2, 0.25) is 0 Å². The van der Waals surface area contributed by atoms with Crippen molar-refractivity contribution in [2.75, 3.05) is 7.11 Å². The zero-order valence-electron chi connectivity index (χ0n) is 10.8. The molecule has 0 bridgehead atoms. The van der Waals surface area contributed by atoms with Gasteiger partial charge in [0.1, 0.15) is 17.7 Å². The highest BCUT2D eigenvalue weighted by molar-refractivity contribution is 6.12. The average Bonchev–Trinajstić information content (AvgIpc) is 2.79. The van der Waals surface area contributed by atoms with Gasteiger partial charge in [0.05, 0.1) is 12.7 Å². The summed E-state index contributed by atoms with van der Waals surface area (Å²) in [5.74, 6) is -1.27. The lowest BCUT2D eigenvalue weighted by atomic mass is 9.93. The molecule has 0 unspecified atom stereocenters. The van der Waals surface area contributed by atoms with E-state index in [-0.39, 0.29) is 5.71 Å². The number of esters is 1. The third kappa shape index (κ3) is 2.61. The summed E-state index contributed by atoms with van der Waals surface area (Å²) in [6.07, 6.45) is -4.92. The molecule has 0 aromatic heterocycles. The lowest BCUT2D eigenvalue weighted by molar-refractivity contribution is -0.145. The highest BCUT2D eigenvalue weighted by atomic mass is 19.4. The van der Waals surface area contributed by atoms with Crippen LogP contribution < -0.4 is 0 Å². The van der Waals surface area contributed by atoms with E-state index in [1.165, 1.54) is 19.2 Å². The van der Waals surface area contributed by atoms with Crippen molar-refractivity contribution in [3.05, 3.63) is 35.4 Å². The van der Waals surface area contributed by atoms with E-state index in [0.29, 0.717) is 5.56 Å². The molecule has 2 rings (SSSR count). The van der Waals surface area contributed by atoms with Crippen molar-refractivity contribution >= 4 is 11.7 Å². The van der Waals surface area contributed by atoms with Gasteiger partial charge in [-0.25, -0.2) is 0 Å². The molecule has 1 aliphatic heterocycles. The van der Waals surface area contributed by atoms with E-state index in [4.69, 9.17) is 4.84 Å². The first-order chi connectivity index (χ1) is 9.34. The summed E-state index contributed by atoms with van der Waals surface area (Å²) < 4.78 is 42.1. The Balaban J connectivity index is 2.29. The van der Waals surface area contributed by atoms with Gasteiger partial charge in [0.2, 0.25) is 0 Å². The largest absolute Gasteiger partial charge is 0.468 e. The second-order valence-corrected chi connectivity index (χ2v) is 4.36. The molecule has 0 saturated heterocycles. The van der Waals surface area contributed by atoms with E-state index in [9.17, 15) is 18.0 Å². The Kier molecular flexibility index (Phi) is 3.69. The van der Waals surface area contributed by atoms with Crippen molar-refractivity contribution in [2.24, 2.45) is 11.1 Å². The maximum atomic E-state index is 12.5. The number of hydrogen-bond donors (Lipinski definition) is 0. The Hall–Kier alpha value is -2.05. The molecule has 0 spiro atoms. The average molecular weight is 287 g/mol. The molecule has 0 radical (unpaired) electrons. The Morgan fingerprint density at radius 3 is 2.40 bits per heavy atom. The quantitative estimate of drug-likeness (QED) is 0.786. The summed E-state index contributed by atoms with van der Waals surface area (Å²) >= 11 is 0. The molecule has 2 atom stereocenters. The van der Waals surface area contributed by atoms with Crippen molar-refractivity contribution in [1.29, 1.82) is 0 Å². The number of rotatable bonds is 2. The highest BCUT2D eigenvalue weighted by Crippen LogP contribution is 2.30. The lowest BCUT2D eigenvalue weighted by Gasteiger charge is -2.13. The fourth-order valence-electron chi connectivity index (χ4n) is 1.97. The summed E-state index contributed by atoms with van der Waals surface area (Å²) in [6, 6.07) is 4.41. The normalized spacial score (nSPS) is 22.1. The number of benzene rings is 1. The molecular weight excluding hydrogens is 275 g/mol. The predicted molar refractivity (Wildman–Crippen MR) is 64.0 cm³/mol. The van der Waals surface area contributed by atoms with Gasteiger partial charge in [-0.15, -0.1) is 0 Å². The molecule has 0 fully saturated rings. The first kappa shape index (κ1) is 14.4. The molecule has 0 saturated carbocycles. The number of hydrogen-bond acceptors (Lipinski definition) is 4. The minimum Gasteiger partial charge on any atom is -0.468 e. The molecule has 20 heavy (non-hydrogen) atoms. The zero-order chi connectivity index (χ0) is 14.9. The number of nitrogens with zero attached hydrogens (tertiary/aromatic N) is 1. The zero-order valence-corrected chi connectivity index (χ0v) is 10.8. The fourth-order valence-corrected chi connectivity index (χ4v) is 1.97. The second-order valence-electron chi connectivity index (χ2n) is 4.36. The number of ether oxygens (including phenoxy) is 1. The van der Waals surface area contributed by atoms with Crippen molar-refractivity contribution in [3.8, 4) is 0 Å². The molecule has 0 amide bonds. The number of alkyl halides is 3. The van der Waals surface area contributed by atoms with Gasteiger partial charge in [-0.1, -0.05) is 17.3 Å². The van der Waals surface area contributed by atoms with Crippen LogP contribution in [0.25, 0.3) is 0 Å². The standard InChI is InChI=1S/C13H12F3NO3/c1-7-10(12(18)19-2)11(17-20-7)8-3-5-9(6-4-8)13(14,15)16/h3-7,10H,1-2H3/t7-,10-/m0/s1. The van der Waals surface area contributed by atoms with Gasteiger partial charge in [0, 0.05) is 5.56 Å². The van der Waals surface area contributed by atoms with Crippen molar-refractivity contribution in [2.45, 2.75) is 19.2 Å². The molecule has 0 N–H and O–H groups in total. The lowest BCUT2D eigenvalue weighted by Crippen LogP contribution is -2.31. The van der Waals surface area contributed by atoms with Crippen LogP contribution in [0.5, 0.6) is 0 Å². The Morgan fingerprint density at radius 2 is 1.90 bits per heavy atom. The number of methoxy groups -OCH3 is 1. The van der Waals surface area contributed by atoms with E-state index < -0.39 is 29.7 Å². The molecule has 1 aliphatic rings. The third-order valence-corrected chi connectivity index (χ3v) is 3.04. The Morgan fingerprint density at radius 1 is 1.30 bits per heavy atom. The number of halogens is 3. The Bertz CT molecular complexity index is 537. The van der Waals surface area contributed by atoms with Crippen LogP contribution in [0.4, 0.5) is 13.2 Å². The molecule has 1 aromatic carbocycles. The van der Waals surface area contributed by atoms with Crippen LogP contribution in [-0.4, -0.2) is 24.9 Å². The monoisotopic (exact) mass is 287 g/mol. The number of carbonyl (C=O) groups is 1.